The van der Waals surface area contributed by atoms with Crippen LogP contribution in [-0.4, -0.2) is 29.1 Å². The van der Waals surface area contributed by atoms with Crippen LogP contribution in [0.3, 0.4) is 0 Å². The highest BCUT2D eigenvalue weighted by molar-refractivity contribution is 6.26. The third kappa shape index (κ3) is 3.02. The minimum Gasteiger partial charge on any atom is -0.456 e. The van der Waals surface area contributed by atoms with E-state index in [1.165, 1.54) is 0 Å². The fourth-order valence-corrected chi connectivity index (χ4v) is 7.23. The van der Waals surface area contributed by atoms with Gasteiger partial charge in [0.15, 0.2) is 0 Å². The van der Waals surface area contributed by atoms with E-state index in [4.69, 9.17) is 28.8 Å². The van der Waals surface area contributed by atoms with Gasteiger partial charge in [-0.25, -0.2) is 9.97 Å². The van der Waals surface area contributed by atoms with Crippen molar-refractivity contribution in [2.45, 2.75) is 0 Å². The Morgan fingerprint density at radius 1 is 0.413 bits per heavy atom. The molecule has 3 aromatic carbocycles. The van der Waals surface area contributed by atoms with Crippen molar-refractivity contribution in [2.24, 2.45) is 0 Å². The summed E-state index contributed by atoms with van der Waals surface area (Å²) in [7, 11) is 0. The van der Waals surface area contributed by atoms with Crippen LogP contribution in [0.5, 0.6) is 0 Å². The molecular weight excluding hydrogens is 572 g/mol. The van der Waals surface area contributed by atoms with Gasteiger partial charge in [0, 0.05) is 68.5 Å². The molecule has 0 amide bonds. The van der Waals surface area contributed by atoms with Crippen molar-refractivity contribution < 1.29 is 8.83 Å². The molecular formula is C38H20N6O2. The van der Waals surface area contributed by atoms with Gasteiger partial charge in [-0.3, -0.25) is 19.1 Å². The summed E-state index contributed by atoms with van der Waals surface area (Å²) in [4.78, 5) is 18.9. The molecule has 8 nitrogen and oxygen atoms in total. The SMILES string of the molecule is c1cnc2c(c1)c1ncccc1n2-c1ccc2oc3ccc4oc5ccc(-n6c7cccnc7c7cccnc76)cc5c4c3c2c1. The normalized spacial score (nSPS) is 12.3. The lowest BCUT2D eigenvalue weighted by atomic mass is 10.0. The van der Waals surface area contributed by atoms with Crippen LogP contribution in [0.4, 0.5) is 0 Å². The van der Waals surface area contributed by atoms with E-state index >= 15 is 0 Å². The summed E-state index contributed by atoms with van der Waals surface area (Å²) in [5, 5.41) is 6.06. The first-order valence-electron chi connectivity index (χ1n) is 15.0. The molecule has 0 aliphatic rings. The zero-order chi connectivity index (χ0) is 29.9. The molecule has 0 N–H and O–H groups in total. The van der Waals surface area contributed by atoms with Crippen LogP contribution >= 0.6 is 0 Å². The van der Waals surface area contributed by atoms with Crippen LogP contribution in [0.25, 0.3) is 99.4 Å². The number of rotatable bonds is 2. The molecule has 8 aromatic heterocycles. The minimum atomic E-state index is 0.803. The minimum absolute atomic E-state index is 0.803. The zero-order valence-corrected chi connectivity index (χ0v) is 24.0. The van der Waals surface area contributed by atoms with Crippen LogP contribution in [0, 0.1) is 0 Å². The summed E-state index contributed by atoms with van der Waals surface area (Å²) in [6.07, 6.45) is 7.30. The zero-order valence-electron chi connectivity index (χ0n) is 24.0. The van der Waals surface area contributed by atoms with Gasteiger partial charge in [-0.2, -0.15) is 0 Å². The predicted octanol–water partition coefficient (Wildman–Crippen LogP) is 9.26. The van der Waals surface area contributed by atoms with Gasteiger partial charge in [0.05, 0.1) is 22.1 Å². The Balaban J connectivity index is 1.22. The van der Waals surface area contributed by atoms with E-state index in [0.29, 0.717) is 0 Å². The number of furan rings is 2. The molecule has 0 bridgehead atoms. The fourth-order valence-electron chi connectivity index (χ4n) is 7.23. The van der Waals surface area contributed by atoms with Crippen molar-refractivity contribution in [3.8, 4) is 11.4 Å². The third-order valence-electron chi connectivity index (χ3n) is 9.11. The van der Waals surface area contributed by atoms with Gasteiger partial charge < -0.3 is 8.83 Å². The molecule has 0 radical (unpaired) electrons. The quantitative estimate of drug-likeness (QED) is 0.199. The smallest absolute Gasteiger partial charge is 0.147 e. The van der Waals surface area contributed by atoms with Crippen LogP contribution < -0.4 is 0 Å². The highest BCUT2D eigenvalue weighted by Gasteiger charge is 2.20. The second-order valence-electron chi connectivity index (χ2n) is 11.5. The summed E-state index contributed by atoms with van der Waals surface area (Å²) in [6, 6.07) is 32.8. The molecule has 0 fully saturated rings. The number of pyridine rings is 4. The van der Waals surface area contributed by atoms with E-state index in [9.17, 15) is 0 Å². The number of benzene rings is 3. The molecule has 0 atom stereocenters. The lowest BCUT2D eigenvalue weighted by Gasteiger charge is -2.07. The average molecular weight is 593 g/mol. The summed E-state index contributed by atoms with van der Waals surface area (Å²) < 4.78 is 17.2. The number of nitrogens with zero attached hydrogens (tertiary/aromatic N) is 6. The Kier molecular flexibility index (Phi) is 4.43. The Hall–Kier alpha value is -6.54. The van der Waals surface area contributed by atoms with Crippen LogP contribution in [0.15, 0.2) is 131 Å². The Bertz CT molecular complexity index is 2740. The van der Waals surface area contributed by atoms with Crippen molar-refractivity contribution in [3.05, 3.63) is 122 Å². The van der Waals surface area contributed by atoms with Crippen molar-refractivity contribution in [2.75, 3.05) is 0 Å². The first-order chi connectivity index (χ1) is 22.8. The molecule has 214 valence electrons. The van der Waals surface area contributed by atoms with Crippen molar-refractivity contribution >= 4 is 88.0 Å². The molecule has 0 spiro atoms. The Labute approximate surface area is 258 Å². The van der Waals surface area contributed by atoms with E-state index in [1.807, 2.05) is 73.3 Å². The molecule has 0 aliphatic heterocycles. The first kappa shape index (κ1) is 23.9. The van der Waals surface area contributed by atoms with E-state index in [2.05, 4.69) is 57.7 Å². The van der Waals surface area contributed by atoms with E-state index < -0.39 is 0 Å². The van der Waals surface area contributed by atoms with Crippen LogP contribution in [0.1, 0.15) is 0 Å². The Morgan fingerprint density at radius 3 is 1.35 bits per heavy atom. The molecule has 11 aromatic rings. The fraction of sp³-hybridized carbons (Fsp3) is 0. The van der Waals surface area contributed by atoms with Crippen molar-refractivity contribution in [3.63, 3.8) is 0 Å². The van der Waals surface area contributed by atoms with Crippen LogP contribution in [0.2, 0.25) is 0 Å². The maximum atomic E-state index is 6.44. The van der Waals surface area contributed by atoms with Gasteiger partial charge in [-0.05, 0) is 97.1 Å². The van der Waals surface area contributed by atoms with Crippen LogP contribution in [-0.2, 0) is 0 Å². The third-order valence-corrected chi connectivity index (χ3v) is 9.11. The van der Waals surface area contributed by atoms with Gasteiger partial charge >= 0.3 is 0 Å². The van der Waals surface area contributed by atoms with Gasteiger partial charge in [0.25, 0.3) is 0 Å². The molecule has 0 saturated heterocycles. The lowest BCUT2D eigenvalue weighted by Crippen LogP contribution is -1.95. The van der Waals surface area contributed by atoms with Gasteiger partial charge in [-0.15, -0.1) is 0 Å². The largest absolute Gasteiger partial charge is 0.456 e. The van der Waals surface area contributed by atoms with E-state index in [1.54, 1.807) is 0 Å². The second kappa shape index (κ2) is 8.55. The maximum absolute atomic E-state index is 6.44. The van der Waals surface area contributed by atoms with Gasteiger partial charge in [-0.1, -0.05) is 0 Å². The number of hydrogen-bond donors (Lipinski definition) is 0. The second-order valence-corrected chi connectivity index (χ2v) is 11.5. The van der Waals surface area contributed by atoms with Gasteiger partial charge in [0.1, 0.15) is 33.6 Å². The van der Waals surface area contributed by atoms with E-state index in [-0.39, 0.29) is 0 Å². The van der Waals surface area contributed by atoms with Crippen molar-refractivity contribution in [1.82, 2.24) is 29.1 Å². The first-order valence-corrected chi connectivity index (χ1v) is 15.0. The molecule has 11 rings (SSSR count). The number of fused-ring (bicyclic) bond motifs is 13. The number of aromatic nitrogens is 6. The van der Waals surface area contributed by atoms with E-state index in [0.717, 1.165) is 99.4 Å². The number of hydrogen-bond acceptors (Lipinski definition) is 6. The standard InChI is InChI=1S/C38H20N6O2/c1-5-23-35-27(7-3-15-39-35)43(37(23)41-17-1)21-9-11-29-25(19-21)33-31(45-29)13-14-32-34(33)26-20-22(10-12-30(26)46-32)44-28-8-4-16-40-36(28)24-6-2-18-42-38(24)44/h1-20H. The maximum Gasteiger partial charge on any atom is 0.147 e. The predicted molar refractivity (Wildman–Crippen MR) is 181 cm³/mol. The molecule has 0 saturated carbocycles. The molecule has 46 heavy (non-hydrogen) atoms. The summed E-state index contributed by atoms with van der Waals surface area (Å²) >= 11 is 0. The monoisotopic (exact) mass is 592 g/mol. The Morgan fingerprint density at radius 2 is 0.848 bits per heavy atom. The van der Waals surface area contributed by atoms with Crippen molar-refractivity contribution in [1.29, 1.82) is 0 Å². The average Bonchev–Trinajstić information content (AvgIpc) is 3.85. The summed E-state index contributed by atoms with van der Waals surface area (Å²) in [5.41, 5.74) is 10.8. The molecule has 0 aliphatic carbocycles. The van der Waals surface area contributed by atoms with Gasteiger partial charge in [0.2, 0.25) is 0 Å². The lowest BCUT2D eigenvalue weighted by molar-refractivity contribution is 0.663. The summed E-state index contributed by atoms with van der Waals surface area (Å²) in [6.45, 7) is 0. The highest BCUT2D eigenvalue weighted by Crippen LogP contribution is 2.42. The molecule has 0 unspecified atom stereocenters. The molecule has 8 heteroatoms. The molecule has 8 heterocycles. The summed E-state index contributed by atoms with van der Waals surface area (Å²) in [5.74, 6) is 0. The topological polar surface area (TPSA) is 87.7 Å². The highest BCUT2D eigenvalue weighted by atomic mass is 16.3.